The van der Waals surface area contributed by atoms with Crippen LogP contribution in [-0.2, 0) is 22.6 Å². The molecule has 0 N–H and O–H groups in total. The highest BCUT2D eigenvalue weighted by molar-refractivity contribution is 5.79. The van der Waals surface area contributed by atoms with Gasteiger partial charge in [-0.25, -0.2) is 4.39 Å². The first-order valence-corrected chi connectivity index (χ1v) is 11.6. The fourth-order valence-corrected chi connectivity index (χ4v) is 3.99. The molecular weight excluding hydrogens is 449 g/mol. The van der Waals surface area contributed by atoms with E-state index in [1.807, 2.05) is 41.3 Å². The Balaban J connectivity index is 1.21. The smallest absolute Gasteiger partial charge is 0.308 e. The number of hydrogen-bond donors (Lipinski definition) is 0. The van der Waals surface area contributed by atoms with Crippen molar-refractivity contribution in [3.05, 3.63) is 89.7 Å². The molecule has 0 bridgehead atoms. The Morgan fingerprint density at radius 1 is 0.886 bits per heavy atom. The van der Waals surface area contributed by atoms with Gasteiger partial charge in [0, 0.05) is 32.9 Å². The van der Waals surface area contributed by atoms with Gasteiger partial charge in [-0.15, -0.1) is 0 Å². The first-order chi connectivity index (χ1) is 16.9. The monoisotopic (exact) mass is 477 g/mol. The average Bonchev–Trinajstić information content (AvgIpc) is 2.84. The third-order valence-electron chi connectivity index (χ3n) is 5.73. The van der Waals surface area contributed by atoms with Gasteiger partial charge in [0.25, 0.3) is 0 Å². The van der Waals surface area contributed by atoms with Gasteiger partial charge in [0.1, 0.15) is 35.8 Å². The molecule has 0 unspecified atom stereocenters. The number of carbonyl (C=O) groups excluding carboxylic acids is 2. The summed E-state index contributed by atoms with van der Waals surface area (Å²) in [7, 11) is 0. The number of halogens is 1. The molecule has 0 aliphatic carbocycles. The van der Waals surface area contributed by atoms with Gasteiger partial charge in [-0.1, -0.05) is 24.3 Å². The molecule has 182 valence electrons. The minimum atomic E-state index is -0.387. The van der Waals surface area contributed by atoms with Crippen LogP contribution in [0.2, 0.25) is 0 Å². The maximum Gasteiger partial charge on any atom is 0.308 e. The third-order valence-corrected chi connectivity index (χ3v) is 5.73. The second-order valence-corrected chi connectivity index (χ2v) is 8.51. The van der Waals surface area contributed by atoms with Crippen molar-refractivity contribution in [1.82, 2.24) is 4.90 Å². The van der Waals surface area contributed by atoms with Crippen LogP contribution in [0.5, 0.6) is 17.2 Å². The third kappa shape index (κ3) is 7.30. The van der Waals surface area contributed by atoms with Crippen molar-refractivity contribution >= 4 is 11.9 Å². The number of carbonyl (C=O) groups is 2. The Morgan fingerprint density at radius 3 is 2.29 bits per heavy atom. The second kappa shape index (κ2) is 11.5. The molecule has 0 aromatic heterocycles. The minimum absolute atomic E-state index is 0.0328. The van der Waals surface area contributed by atoms with Crippen LogP contribution in [0.4, 0.5) is 4.39 Å². The molecule has 3 aromatic carbocycles. The van der Waals surface area contributed by atoms with E-state index in [1.165, 1.54) is 19.1 Å². The molecule has 1 heterocycles. The second-order valence-electron chi connectivity index (χ2n) is 8.51. The van der Waals surface area contributed by atoms with Crippen LogP contribution in [0.1, 0.15) is 30.9 Å². The molecule has 0 atom stereocenters. The van der Waals surface area contributed by atoms with E-state index in [-0.39, 0.29) is 30.2 Å². The lowest BCUT2D eigenvalue weighted by Crippen LogP contribution is -2.42. The molecule has 1 aliphatic heterocycles. The zero-order valence-electron chi connectivity index (χ0n) is 19.6. The van der Waals surface area contributed by atoms with E-state index in [0.29, 0.717) is 31.2 Å². The summed E-state index contributed by atoms with van der Waals surface area (Å²) < 4.78 is 30.2. The van der Waals surface area contributed by atoms with Crippen LogP contribution < -0.4 is 14.2 Å². The maximum absolute atomic E-state index is 13.3. The van der Waals surface area contributed by atoms with Crippen molar-refractivity contribution < 1.29 is 28.2 Å². The predicted octanol–water partition coefficient (Wildman–Crippen LogP) is 4.94. The minimum Gasteiger partial charge on any atom is -0.490 e. The highest BCUT2D eigenvalue weighted by Gasteiger charge is 2.24. The molecule has 0 spiro atoms. The van der Waals surface area contributed by atoms with E-state index in [2.05, 4.69) is 0 Å². The predicted molar refractivity (Wildman–Crippen MR) is 129 cm³/mol. The van der Waals surface area contributed by atoms with Crippen LogP contribution in [-0.4, -0.2) is 36.0 Å². The molecule has 6 nitrogen and oxygen atoms in total. The van der Waals surface area contributed by atoms with Gasteiger partial charge in [-0.3, -0.25) is 9.59 Å². The van der Waals surface area contributed by atoms with Gasteiger partial charge in [0.05, 0.1) is 6.42 Å². The molecule has 3 aromatic rings. The lowest BCUT2D eigenvalue weighted by molar-refractivity contribution is -0.132. The van der Waals surface area contributed by atoms with Crippen molar-refractivity contribution in [3.63, 3.8) is 0 Å². The number of amides is 1. The lowest BCUT2D eigenvalue weighted by atomic mass is 10.1. The Kier molecular flexibility index (Phi) is 7.98. The number of piperidine rings is 1. The lowest BCUT2D eigenvalue weighted by Gasteiger charge is -2.32. The van der Waals surface area contributed by atoms with Crippen molar-refractivity contribution in [2.75, 3.05) is 13.1 Å². The highest BCUT2D eigenvalue weighted by Crippen LogP contribution is 2.23. The SMILES string of the molecule is CC(=O)Oc1cccc(CC(=O)N2CCC(Oc3ccc(OCc4cccc(F)c4)cc3)CC2)c1. The van der Waals surface area contributed by atoms with Gasteiger partial charge in [0.15, 0.2) is 0 Å². The van der Waals surface area contributed by atoms with E-state index in [9.17, 15) is 14.0 Å². The van der Waals surface area contributed by atoms with Gasteiger partial charge in [0.2, 0.25) is 5.91 Å². The van der Waals surface area contributed by atoms with Crippen LogP contribution in [0.15, 0.2) is 72.8 Å². The standard InChI is InChI=1S/C28H28FNO5/c1-20(31)34-27-7-3-4-21(17-27)18-28(32)30-14-12-26(13-15-30)35-25-10-8-24(9-11-25)33-19-22-5-2-6-23(29)16-22/h2-11,16-17,26H,12-15,18-19H2,1H3. The molecule has 0 saturated carbocycles. The van der Waals surface area contributed by atoms with Crippen molar-refractivity contribution in [1.29, 1.82) is 0 Å². The number of rotatable bonds is 8. The molecule has 35 heavy (non-hydrogen) atoms. The first-order valence-electron chi connectivity index (χ1n) is 11.6. The number of esters is 1. The van der Waals surface area contributed by atoms with Crippen molar-refractivity contribution in [2.24, 2.45) is 0 Å². The number of benzene rings is 3. The maximum atomic E-state index is 13.3. The summed E-state index contributed by atoms with van der Waals surface area (Å²) in [6.45, 7) is 2.89. The van der Waals surface area contributed by atoms with Crippen LogP contribution in [0, 0.1) is 5.82 Å². The summed E-state index contributed by atoms with van der Waals surface area (Å²) in [4.78, 5) is 25.7. The molecule has 0 radical (unpaired) electrons. The van der Waals surface area contributed by atoms with E-state index >= 15 is 0 Å². The van der Waals surface area contributed by atoms with Crippen LogP contribution in [0.25, 0.3) is 0 Å². The number of nitrogens with zero attached hydrogens (tertiary/aromatic N) is 1. The summed E-state index contributed by atoms with van der Waals surface area (Å²) >= 11 is 0. The van der Waals surface area contributed by atoms with Gasteiger partial charge in [-0.05, 0) is 59.7 Å². The zero-order chi connectivity index (χ0) is 24.6. The highest BCUT2D eigenvalue weighted by atomic mass is 19.1. The molecule has 1 saturated heterocycles. The summed E-state index contributed by atoms with van der Waals surface area (Å²) in [6.07, 6.45) is 1.79. The zero-order valence-corrected chi connectivity index (χ0v) is 19.6. The van der Waals surface area contributed by atoms with E-state index < -0.39 is 0 Å². The van der Waals surface area contributed by atoms with E-state index in [1.54, 1.807) is 24.3 Å². The Morgan fingerprint density at radius 2 is 1.57 bits per heavy atom. The van der Waals surface area contributed by atoms with Crippen molar-refractivity contribution in [3.8, 4) is 17.2 Å². The quantitative estimate of drug-likeness (QED) is 0.340. The Hall–Kier alpha value is -3.87. The van der Waals surface area contributed by atoms with Crippen LogP contribution >= 0.6 is 0 Å². The average molecular weight is 478 g/mol. The van der Waals surface area contributed by atoms with E-state index in [0.717, 1.165) is 29.7 Å². The fourth-order valence-electron chi connectivity index (χ4n) is 3.99. The first kappa shape index (κ1) is 24.3. The summed E-state index contributed by atoms with van der Waals surface area (Å²) in [5.74, 6) is 1.25. The molecule has 7 heteroatoms. The number of likely N-dealkylation sites (tertiary alicyclic amines) is 1. The molecule has 1 amide bonds. The van der Waals surface area contributed by atoms with Gasteiger partial charge < -0.3 is 19.1 Å². The summed E-state index contributed by atoms with van der Waals surface area (Å²) in [5, 5.41) is 0. The molecule has 4 rings (SSSR count). The topological polar surface area (TPSA) is 65.1 Å². The van der Waals surface area contributed by atoms with E-state index in [4.69, 9.17) is 14.2 Å². The number of hydrogen-bond acceptors (Lipinski definition) is 5. The van der Waals surface area contributed by atoms with Gasteiger partial charge in [-0.2, -0.15) is 0 Å². The molecule has 1 aliphatic rings. The van der Waals surface area contributed by atoms with Gasteiger partial charge >= 0.3 is 5.97 Å². The molecular formula is C28H28FNO5. The molecule has 1 fully saturated rings. The van der Waals surface area contributed by atoms with Crippen LogP contribution in [0.3, 0.4) is 0 Å². The van der Waals surface area contributed by atoms with Crippen molar-refractivity contribution in [2.45, 2.75) is 38.9 Å². The normalized spacial score (nSPS) is 13.8. The Bertz CT molecular complexity index is 1160. The number of ether oxygens (including phenoxy) is 3. The summed E-state index contributed by atoms with van der Waals surface area (Å²) in [5.41, 5.74) is 1.58. The summed E-state index contributed by atoms with van der Waals surface area (Å²) in [6, 6.07) is 20.8. The Labute approximate surface area is 204 Å². The largest absolute Gasteiger partial charge is 0.490 e. The fraction of sp³-hybridized carbons (Fsp3) is 0.286.